The predicted molar refractivity (Wildman–Crippen MR) is 100 cm³/mol. The minimum atomic E-state index is -1.89. The van der Waals surface area contributed by atoms with Gasteiger partial charge in [-0.2, -0.15) is 0 Å². The fraction of sp³-hybridized carbons (Fsp3) is 0.389. The average Bonchev–Trinajstić information content (AvgIpc) is 2.46. The summed E-state index contributed by atoms with van der Waals surface area (Å²) in [6, 6.07) is 11.4. The molecule has 0 amide bonds. The molecule has 0 saturated carbocycles. The monoisotopic (exact) mass is 393 g/mol. The molecule has 1 aromatic carbocycles. The van der Waals surface area contributed by atoms with Crippen LogP contribution >= 0.6 is 15.9 Å². The molecule has 1 aromatic heterocycles. The van der Waals surface area contributed by atoms with Gasteiger partial charge in [0.15, 0.2) is 0 Å². The zero-order valence-electron chi connectivity index (χ0n) is 14.3. The lowest BCUT2D eigenvalue weighted by Gasteiger charge is -2.36. The molecule has 1 unspecified atom stereocenters. The summed E-state index contributed by atoms with van der Waals surface area (Å²) in [6.45, 7) is 11.1. The number of aliphatic hydroxyl groups is 1. The fourth-order valence-corrected chi connectivity index (χ4v) is 3.19. The first-order chi connectivity index (χ1) is 10.6. The Morgan fingerprint density at radius 3 is 2.39 bits per heavy atom. The van der Waals surface area contributed by atoms with Gasteiger partial charge in [-0.05, 0) is 57.8 Å². The highest BCUT2D eigenvalue weighted by molar-refractivity contribution is 9.10. The Labute approximate surface area is 148 Å². The summed E-state index contributed by atoms with van der Waals surface area (Å²) in [5, 5.41) is 10.7. The highest BCUT2D eigenvalue weighted by Crippen LogP contribution is 2.38. The molecule has 0 saturated heterocycles. The van der Waals surface area contributed by atoms with Crippen molar-refractivity contribution in [1.82, 2.24) is 4.98 Å². The molecule has 1 atom stereocenters. The SMILES string of the molecule is CC(C)(C)[Si](C)(C)Oc1cccc(C(O)c2ccc(Br)nc2)c1. The number of aliphatic hydroxyl groups excluding tert-OH is 1. The van der Waals surface area contributed by atoms with E-state index in [2.05, 4.69) is 54.8 Å². The van der Waals surface area contributed by atoms with E-state index in [-0.39, 0.29) is 5.04 Å². The Morgan fingerprint density at radius 2 is 1.83 bits per heavy atom. The second-order valence-electron chi connectivity index (χ2n) is 7.25. The normalized spacial score (nSPS) is 13.7. The van der Waals surface area contributed by atoms with Gasteiger partial charge in [0.05, 0.1) is 0 Å². The molecule has 0 aliphatic heterocycles. The smallest absolute Gasteiger partial charge is 0.250 e. The summed E-state index contributed by atoms with van der Waals surface area (Å²) in [6.07, 6.45) is 0.967. The Hall–Kier alpha value is -1.17. The molecule has 5 heteroatoms. The maximum Gasteiger partial charge on any atom is 0.250 e. The summed E-state index contributed by atoms with van der Waals surface area (Å²) in [5.74, 6) is 0.818. The van der Waals surface area contributed by atoms with E-state index in [0.29, 0.717) is 0 Å². The lowest BCUT2D eigenvalue weighted by atomic mass is 10.0. The van der Waals surface area contributed by atoms with Gasteiger partial charge in [-0.25, -0.2) is 4.98 Å². The highest BCUT2D eigenvalue weighted by Gasteiger charge is 2.39. The largest absolute Gasteiger partial charge is 0.543 e. The van der Waals surface area contributed by atoms with Crippen LogP contribution in [-0.2, 0) is 0 Å². The summed E-state index contributed by atoms with van der Waals surface area (Å²) in [5.41, 5.74) is 1.57. The first-order valence-electron chi connectivity index (χ1n) is 7.69. The van der Waals surface area contributed by atoms with Gasteiger partial charge in [-0.3, -0.25) is 0 Å². The first kappa shape index (κ1) is 18.2. The molecule has 0 radical (unpaired) electrons. The number of aromatic nitrogens is 1. The van der Waals surface area contributed by atoms with Crippen LogP contribution in [0.4, 0.5) is 0 Å². The molecular weight excluding hydrogens is 370 g/mol. The van der Waals surface area contributed by atoms with E-state index >= 15 is 0 Å². The Bertz CT molecular complexity index is 665. The van der Waals surface area contributed by atoms with Crippen molar-refractivity contribution in [3.8, 4) is 5.75 Å². The molecule has 0 fully saturated rings. The standard InChI is InChI=1S/C18H24BrNO2Si/c1-18(2,3)23(4,5)22-15-8-6-7-13(11-15)17(21)14-9-10-16(19)20-12-14/h6-12,17,21H,1-5H3. The molecule has 3 nitrogen and oxygen atoms in total. The van der Waals surface area contributed by atoms with E-state index in [4.69, 9.17) is 4.43 Å². The van der Waals surface area contributed by atoms with Gasteiger partial charge in [0, 0.05) is 11.8 Å². The molecule has 0 bridgehead atoms. The van der Waals surface area contributed by atoms with Gasteiger partial charge in [-0.1, -0.05) is 39.0 Å². The number of pyridine rings is 1. The lowest BCUT2D eigenvalue weighted by Crippen LogP contribution is -2.43. The van der Waals surface area contributed by atoms with E-state index in [1.165, 1.54) is 0 Å². The zero-order chi connectivity index (χ0) is 17.3. The average molecular weight is 394 g/mol. The molecule has 1 heterocycles. The van der Waals surface area contributed by atoms with E-state index in [9.17, 15) is 5.11 Å². The number of halogens is 1. The number of hydrogen-bond donors (Lipinski definition) is 1. The van der Waals surface area contributed by atoms with Crippen LogP contribution in [0.3, 0.4) is 0 Å². The van der Waals surface area contributed by atoms with E-state index in [1.807, 2.05) is 36.4 Å². The summed E-state index contributed by atoms with van der Waals surface area (Å²) >= 11 is 3.31. The third-order valence-electron chi connectivity index (χ3n) is 4.42. The topological polar surface area (TPSA) is 42.4 Å². The molecular formula is C18H24BrNO2Si. The minimum Gasteiger partial charge on any atom is -0.543 e. The summed E-state index contributed by atoms with van der Waals surface area (Å²) in [7, 11) is -1.89. The van der Waals surface area contributed by atoms with E-state index in [0.717, 1.165) is 21.5 Å². The van der Waals surface area contributed by atoms with Crippen LogP contribution in [0, 0.1) is 0 Å². The zero-order valence-corrected chi connectivity index (χ0v) is 16.9. The van der Waals surface area contributed by atoms with Gasteiger partial charge >= 0.3 is 0 Å². The molecule has 0 aliphatic rings. The molecule has 0 spiro atoms. The van der Waals surface area contributed by atoms with Crippen LogP contribution < -0.4 is 4.43 Å². The third-order valence-corrected chi connectivity index (χ3v) is 9.25. The van der Waals surface area contributed by atoms with Crippen molar-refractivity contribution in [1.29, 1.82) is 0 Å². The second-order valence-corrected chi connectivity index (χ2v) is 12.8. The number of rotatable bonds is 4. The van der Waals surface area contributed by atoms with Crippen molar-refractivity contribution >= 4 is 24.2 Å². The van der Waals surface area contributed by atoms with Crippen molar-refractivity contribution in [3.63, 3.8) is 0 Å². The quantitative estimate of drug-likeness (QED) is 0.565. The maximum absolute atomic E-state index is 10.6. The molecule has 1 N–H and O–H groups in total. The Kier molecular flexibility index (Phi) is 5.33. The van der Waals surface area contributed by atoms with Crippen molar-refractivity contribution in [3.05, 3.63) is 58.3 Å². The van der Waals surface area contributed by atoms with Crippen LogP contribution in [0.1, 0.15) is 38.0 Å². The van der Waals surface area contributed by atoms with Crippen LogP contribution in [-0.4, -0.2) is 18.4 Å². The van der Waals surface area contributed by atoms with E-state index < -0.39 is 14.4 Å². The second kappa shape index (κ2) is 6.75. The number of benzene rings is 1. The summed E-state index contributed by atoms with van der Waals surface area (Å²) in [4.78, 5) is 4.17. The third kappa shape index (κ3) is 4.43. The van der Waals surface area contributed by atoms with Gasteiger partial charge in [-0.15, -0.1) is 0 Å². The van der Waals surface area contributed by atoms with Crippen LogP contribution in [0.15, 0.2) is 47.2 Å². The van der Waals surface area contributed by atoms with Crippen molar-refractivity contribution in [2.75, 3.05) is 0 Å². The number of nitrogens with zero attached hydrogens (tertiary/aromatic N) is 1. The highest BCUT2D eigenvalue weighted by atomic mass is 79.9. The van der Waals surface area contributed by atoms with E-state index in [1.54, 1.807) is 6.20 Å². The van der Waals surface area contributed by atoms with Gasteiger partial charge < -0.3 is 9.53 Å². The van der Waals surface area contributed by atoms with Crippen LogP contribution in [0.25, 0.3) is 0 Å². The molecule has 2 rings (SSSR count). The van der Waals surface area contributed by atoms with Gasteiger partial charge in [0.2, 0.25) is 8.32 Å². The van der Waals surface area contributed by atoms with Crippen molar-refractivity contribution in [2.45, 2.75) is 45.0 Å². The predicted octanol–water partition coefficient (Wildman–Crippen LogP) is 5.31. The Balaban J connectivity index is 2.24. The Morgan fingerprint density at radius 1 is 1.13 bits per heavy atom. The summed E-state index contributed by atoms with van der Waals surface area (Å²) < 4.78 is 7.07. The molecule has 23 heavy (non-hydrogen) atoms. The minimum absolute atomic E-state index is 0.136. The lowest BCUT2D eigenvalue weighted by molar-refractivity contribution is 0.219. The molecule has 124 valence electrons. The first-order valence-corrected chi connectivity index (χ1v) is 11.4. The molecule has 0 aliphatic carbocycles. The van der Waals surface area contributed by atoms with Crippen LogP contribution in [0.5, 0.6) is 5.75 Å². The van der Waals surface area contributed by atoms with Gasteiger partial charge in [0.25, 0.3) is 0 Å². The van der Waals surface area contributed by atoms with Crippen molar-refractivity contribution < 1.29 is 9.53 Å². The van der Waals surface area contributed by atoms with Crippen LogP contribution in [0.2, 0.25) is 18.1 Å². The molecule has 2 aromatic rings. The van der Waals surface area contributed by atoms with Crippen molar-refractivity contribution in [2.24, 2.45) is 0 Å². The number of hydrogen-bond acceptors (Lipinski definition) is 3. The van der Waals surface area contributed by atoms with Gasteiger partial charge in [0.1, 0.15) is 16.5 Å². The fourth-order valence-electron chi connectivity index (χ4n) is 1.94. The maximum atomic E-state index is 10.6.